The quantitative estimate of drug-likeness (QED) is 0.794. The molecule has 0 saturated heterocycles. The number of carbonyl (C=O) groups excluding carboxylic acids is 1. The summed E-state index contributed by atoms with van der Waals surface area (Å²) in [5.74, 6) is -2.98. The first kappa shape index (κ1) is 18.9. The standard InChI is InChI=1S/C16H13NO5.C2H6/c1-9-2-4-10(5-3-9)14(18)17-13-7-11(15(19)20)6-12(8-13)16(21)22;1-2/h2-8H,1H3,(H,17,18)(H,19,20)(H,21,22);1-2H3. The van der Waals surface area contributed by atoms with Gasteiger partial charge in [0.15, 0.2) is 0 Å². The molecule has 1 amide bonds. The fraction of sp³-hybridized carbons (Fsp3) is 0.167. The van der Waals surface area contributed by atoms with Gasteiger partial charge in [-0.25, -0.2) is 9.59 Å². The second-order valence-corrected chi connectivity index (χ2v) is 4.73. The summed E-state index contributed by atoms with van der Waals surface area (Å²) < 4.78 is 0. The second-order valence-electron chi connectivity index (χ2n) is 4.73. The minimum atomic E-state index is -1.27. The highest BCUT2D eigenvalue weighted by molar-refractivity contribution is 6.05. The number of hydrogen-bond acceptors (Lipinski definition) is 3. The average Bonchev–Trinajstić information content (AvgIpc) is 2.56. The number of benzene rings is 2. The van der Waals surface area contributed by atoms with Gasteiger partial charge in [0.1, 0.15) is 0 Å². The smallest absolute Gasteiger partial charge is 0.335 e. The second kappa shape index (κ2) is 8.47. The molecule has 0 spiro atoms. The van der Waals surface area contributed by atoms with E-state index in [1.807, 2.05) is 20.8 Å². The van der Waals surface area contributed by atoms with Gasteiger partial charge >= 0.3 is 11.9 Å². The van der Waals surface area contributed by atoms with Crippen molar-refractivity contribution in [2.24, 2.45) is 0 Å². The first-order valence-electron chi connectivity index (χ1n) is 7.36. The Bertz CT molecular complexity index is 718. The Morgan fingerprint density at radius 3 is 1.67 bits per heavy atom. The zero-order valence-corrected chi connectivity index (χ0v) is 13.7. The molecule has 2 rings (SSSR count). The van der Waals surface area contributed by atoms with Gasteiger partial charge in [0.05, 0.1) is 11.1 Å². The zero-order chi connectivity index (χ0) is 18.3. The van der Waals surface area contributed by atoms with Crippen LogP contribution in [0.2, 0.25) is 0 Å². The monoisotopic (exact) mass is 329 g/mol. The van der Waals surface area contributed by atoms with Crippen molar-refractivity contribution in [1.29, 1.82) is 0 Å². The van der Waals surface area contributed by atoms with E-state index in [1.165, 1.54) is 12.1 Å². The average molecular weight is 329 g/mol. The normalized spacial score (nSPS) is 9.46. The molecule has 3 N–H and O–H groups in total. The van der Waals surface area contributed by atoms with Crippen molar-refractivity contribution in [2.45, 2.75) is 20.8 Å². The van der Waals surface area contributed by atoms with Crippen molar-refractivity contribution >= 4 is 23.5 Å². The number of carboxylic acids is 2. The number of aryl methyl sites for hydroxylation is 1. The Hall–Kier alpha value is -3.15. The maximum absolute atomic E-state index is 12.1. The lowest BCUT2D eigenvalue weighted by Gasteiger charge is -2.08. The molecule has 2 aromatic rings. The fourth-order valence-electron chi connectivity index (χ4n) is 1.85. The van der Waals surface area contributed by atoms with Crippen LogP contribution in [0.4, 0.5) is 5.69 Å². The maximum atomic E-state index is 12.1. The number of hydrogen-bond donors (Lipinski definition) is 3. The minimum Gasteiger partial charge on any atom is -0.478 e. The highest BCUT2D eigenvalue weighted by atomic mass is 16.4. The Morgan fingerprint density at radius 1 is 0.792 bits per heavy atom. The summed E-state index contributed by atoms with van der Waals surface area (Å²) >= 11 is 0. The van der Waals surface area contributed by atoms with Crippen LogP contribution in [-0.4, -0.2) is 28.1 Å². The highest BCUT2D eigenvalue weighted by Gasteiger charge is 2.13. The minimum absolute atomic E-state index is 0.114. The topological polar surface area (TPSA) is 104 Å². The lowest BCUT2D eigenvalue weighted by molar-refractivity contribution is 0.0696. The summed E-state index contributed by atoms with van der Waals surface area (Å²) in [7, 11) is 0. The number of carboxylic acid groups (broad SMARTS) is 2. The van der Waals surface area contributed by atoms with Gasteiger partial charge in [-0.1, -0.05) is 31.5 Å². The lowest BCUT2D eigenvalue weighted by Crippen LogP contribution is -2.13. The van der Waals surface area contributed by atoms with Gasteiger partial charge in [0.25, 0.3) is 5.91 Å². The summed E-state index contributed by atoms with van der Waals surface area (Å²) in [6.07, 6.45) is 0. The van der Waals surface area contributed by atoms with Crippen molar-refractivity contribution in [3.63, 3.8) is 0 Å². The van der Waals surface area contributed by atoms with Crippen molar-refractivity contribution in [3.05, 3.63) is 64.7 Å². The summed E-state index contributed by atoms with van der Waals surface area (Å²) in [5.41, 5.74) is 1.09. The Kier molecular flexibility index (Phi) is 6.67. The lowest BCUT2D eigenvalue weighted by atomic mass is 10.1. The summed E-state index contributed by atoms with van der Waals surface area (Å²) in [6.45, 7) is 5.89. The molecule has 0 aliphatic carbocycles. The molecule has 2 aromatic carbocycles. The molecule has 0 aromatic heterocycles. The largest absolute Gasteiger partial charge is 0.478 e. The van der Waals surface area contributed by atoms with Gasteiger partial charge in [-0.15, -0.1) is 0 Å². The third-order valence-corrected chi connectivity index (χ3v) is 3.00. The van der Waals surface area contributed by atoms with Crippen LogP contribution in [-0.2, 0) is 0 Å². The number of carbonyl (C=O) groups is 3. The van der Waals surface area contributed by atoms with E-state index < -0.39 is 17.8 Å². The zero-order valence-electron chi connectivity index (χ0n) is 13.7. The number of rotatable bonds is 4. The Morgan fingerprint density at radius 2 is 1.25 bits per heavy atom. The molecule has 126 valence electrons. The van der Waals surface area contributed by atoms with Gasteiger partial charge in [-0.2, -0.15) is 0 Å². The van der Waals surface area contributed by atoms with E-state index in [9.17, 15) is 14.4 Å². The van der Waals surface area contributed by atoms with Crippen LogP contribution in [0.3, 0.4) is 0 Å². The van der Waals surface area contributed by atoms with E-state index in [0.29, 0.717) is 5.56 Å². The van der Waals surface area contributed by atoms with Crippen LogP contribution in [0.1, 0.15) is 50.5 Å². The van der Waals surface area contributed by atoms with E-state index in [1.54, 1.807) is 24.3 Å². The molecule has 0 atom stereocenters. The van der Waals surface area contributed by atoms with Crippen LogP contribution >= 0.6 is 0 Å². The maximum Gasteiger partial charge on any atom is 0.335 e. The van der Waals surface area contributed by atoms with Crippen LogP contribution < -0.4 is 5.32 Å². The van der Waals surface area contributed by atoms with Crippen LogP contribution in [0.15, 0.2) is 42.5 Å². The van der Waals surface area contributed by atoms with Crippen LogP contribution in [0.25, 0.3) is 0 Å². The molecule has 6 nitrogen and oxygen atoms in total. The van der Waals surface area contributed by atoms with Crippen molar-refractivity contribution in [3.8, 4) is 0 Å². The number of amides is 1. The highest BCUT2D eigenvalue weighted by Crippen LogP contribution is 2.17. The Labute approximate surface area is 139 Å². The third kappa shape index (κ3) is 4.95. The van der Waals surface area contributed by atoms with Gasteiger partial charge < -0.3 is 15.5 Å². The summed E-state index contributed by atoms with van der Waals surface area (Å²) in [5, 5.41) is 20.5. The number of nitrogens with one attached hydrogen (secondary N) is 1. The molecule has 0 bridgehead atoms. The summed E-state index contributed by atoms with van der Waals surface area (Å²) in [4.78, 5) is 34.1. The molecular weight excluding hydrogens is 310 g/mol. The first-order valence-corrected chi connectivity index (χ1v) is 7.36. The van der Waals surface area contributed by atoms with Crippen LogP contribution in [0.5, 0.6) is 0 Å². The predicted molar refractivity (Wildman–Crippen MR) is 90.8 cm³/mol. The van der Waals surface area contributed by atoms with Crippen LogP contribution in [0, 0.1) is 6.92 Å². The molecular formula is C18H19NO5. The molecule has 0 radical (unpaired) electrons. The predicted octanol–water partition coefficient (Wildman–Crippen LogP) is 3.67. The molecule has 6 heteroatoms. The molecule has 24 heavy (non-hydrogen) atoms. The van der Waals surface area contributed by atoms with Crippen molar-refractivity contribution in [1.82, 2.24) is 0 Å². The van der Waals surface area contributed by atoms with E-state index >= 15 is 0 Å². The van der Waals surface area contributed by atoms with Gasteiger partial charge in [-0.3, -0.25) is 4.79 Å². The number of aromatic carboxylic acids is 2. The first-order chi connectivity index (χ1) is 11.4. The van der Waals surface area contributed by atoms with Crippen molar-refractivity contribution in [2.75, 3.05) is 5.32 Å². The van der Waals surface area contributed by atoms with E-state index in [-0.39, 0.29) is 16.8 Å². The number of anilines is 1. The third-order valence-electron chi connectivity index (χ3n) is 3.00. The molecule has 0 saturated carbocycles. The van der Waals surface area contributed by atoms with E-state index in [2.05, 4.69) is 5.32 Å². The van der Waals surface area contributed by atoms with Gasteiger partial charge in [0, 0.05) is 11.3 Å². The van der Waals surface area contributed by atoms with Gasteiger partial charge in [0.2, 0.25) is 0 Å². The molecule has 0 aliphatic heterocycles. The fourth-order valence-corrected chi connectivity index (χ4v) is 1.85. The summed E-state index contributed by atoms with van der Waals surface area (Å²) in [6, 6.07) is 10.2. The molecule has 0 heterocycles. The Balaban J connectivity index is 0.00000139. The van der Waals surface area contributed by atoms with Crippen molar-refractivity contribution < 1.29 is 24.6 Å². The molecule has 0 unspecified atom stereocenters. The van der Waals surface area contributed by atoms with Gasteiger partial charge in [-0.05, 0) is 37.3 Å². The molecule has 0 aliphatic rings. The SMILES string of the molecule is CC.Cc1ccc(C(=O)Nc2cc(C(=O)O)cc(C(=O)O)c2)cc1. The van der Waals surface area contributed by atoms with E-state index in [0.717, 1.165) is 11.6 Å². The molecule has 0 fully saturated rings. The van der Waals surface area contributed by atoms with E-state index in [4.69, 9.17) is 10.2 Å².